The fourth-order valence-corrected chi connectivity index (χ4v) is 4.28. The van der Waals surface area contributed by atoms with Crippen LogP contribution >= 0.6 is 0 Å². The molecule has 3 heterocycles. The van der Waals surface area contributed by atoms with Gasteiger partial charge in [0.1, 0.15) is 11.9 Å². The van der Waals surface area contributed by atoms with Crippen LogP contribution in [-0.4, -0.2) is 52.4 Å². The third kappa shape index (κ3) is 4.36. The maximum absolute atomic E-state index is 13.1. The molecule has 0 spiro atoms. The first-order valence-electron chi connectivity index (χ1n) is 8.76. The van der Waals surface area contributed by atoms with Gasteiger partial charge in [-0.25, -0.2) is 27.8 Å². The number of hydrogen-bond acceptors (Lipinski definition) is 8. The molecule has 0 saturated carbocycles. The van der Waals surface area contributed by atoms with Crippen molar-refractivity contribution < 1.29 is 17.5 Å². The Morgan fingerprint density at radius 1 is 1.14 bits per heavy atom. The standard InChI is InChI=1S/C18H17FN6O3S/c19-13-2-4-14(5-3-13)29(26,27)25-8-9-28-16(12-25)15-10-20-11-17(23-15)24-18-21-6-1-7-22-18/h1-7,10-11,16H,8-9,12H2,(H,21,22,23,24)/t16-/m0/s1. The van der Waals surface area contributed by atoms with Crippen molar-refractivity contribution in [2.45, 2.75) is 11.0 Å². The second-order valence-electron chi connectivity index (χ2n) is 6.20. The summed E-state index contributed by atoms with van der Waals surface area (Å²) in [6.07, 6.45) is 5.63. The molecule has 4 rings (SSSR count). The first-order valence-corrected chi connectivity index (χ1v) is 10.2. The van der Waals surface area contributed by atoms with Crippen LogP contribution in [-0.2, 0) is 14.8 Å². The summed E-state index contributed by atoms with van der Waals surface area (Å²) in [5.74, 6) is 0.283. The summed E-state index contributed by atoms with van der Waals surface area (Å²) in [7, 11) is -3.78. The van der Waals surface area contributed by atoms with Crippen LogP contribution in [0.3, 0.4) is 0 Å². The molecule has 29 heavy (non-hydrogen) atoms. The van der Waals surface area contributed by atoms with Gasteiger partial charge in [-0.3, -0.25) is 4.98 Å². The predicted molar refractivity (Wildman–Crippen MR) is 101 cm³/mol. The third-order valence-corrected chi connectivity index (χ3v) is 6.15. The zero-order valence-electron chi connectivity index (χ0n) is 15.1. The molecule has 150 valence electrons. The molecule has 0 bridgehead atoms. The number of nitrogens with zero attached hydrogens (tertiary/aromatic N) is 5. The molecular weight excluding hydrogens is 399 g/mol. The molecule has 0 radical (unpaired) electrons. The van der Waals surface area contributed by atoms with E-state index in [9.17, 15) is 12.8 Å². The first-order chi connectivity index (χ1) is 14.0. The van der Waals surface area contributed by atoms with Crippen LogP contribution < -0.4 is 5.32 Å². The molecular formula is C18H17FN6O3S. The third-order valence-electron chi connectivity index (χ3n) is 4.27. The average molecular weight is 416 g/mol. The van der Waals surface area contributed by atoms with E-state index in [0.717, 1.165) is 12.1 Å². The minimum atomic E-state index is -3.78. The van der Waals surface area contributed by atoms with Crippen molar-refractivity contribution in [3.8, 4) is 0 Å². The molecule has 1 saturated heterocycles. The van der Waals surface area contributed by atoms with Crippen LogP contribution in [0, 0.1) is 5.82 Å². The van der Waals surface area contributed by atoms with Crippen molar-refractivity contribution in [2.75, 3.05) is 25.0 Å². The number of halogens is 1. The molecule has 1 atom stereocenters. The van der Waals surface area contributed by atoms with Gasteiger partial charge in [-0.1, -0.05) is 0 Å². The van der Waals surface area contributed by atoms with E-state index in [1.54, 1.807) is 18.5 Å². The normalized spacial score (nSPS) is 17.8. The summed E-state index contributed by atoms with van der Waals surface area (Å²) in [5.41, 5.74) is 0.477. The van der Waals surface area contributed by atoms with E-state index in [4.69, 9.17) is 4.74 Å². The van der Waals surface area contributed by atoms with Crippen LogP contribution in [0.25, 0.3) is 0 Å². The number of sulfonamides is 1. The summed E-state index contributed by atoms with van der Waals surface area (Å²) in [4.78, 5) is 16.7. The molecule has 1 aromatic carbocycles. The fourth-order valence-electron chi connectivity index (χ4n) is 2.85. The highest BCUT2D eigenvalue weighted by molar-refractivity contribution is 7.89. The van der Waals surface area contributed by atoms with E-state index in [-0.39, 0.29) is 24.6 Å². The number of aromatic nitrogens is 4. The Morgan fingerprint density at radius 3 is 2.66 bits per heavy atom. The van der Waals surface area contributed by atoms with Crippen LogP contribution in [0.1, 0.15) is 11.8 Å². The number of rotatable bonds is 5. The Morgan fingerprint density at radius 2 is 1.90 bits per heavy atom. The van der Waals surface area contributed by atoms with E-state index in [1.165, 1.54) is 28.8 Å². The Labute approximate surface area is 166 Å². The number of morpholine rings is 1. The van der Waals surface area contributed by atoms with Crippen molar-refractivity contribution in [1.29, 1.82) is 0 Å². The highest BCUT2D eigenvalue weighted by atomic mass is 32.2. The summed E-state index contributed by atoms with van der Waals surface area (Å²) in [6.45, 7) is 0.464. The van der Waals surface area contributed by atoms with Gasteiger partial charge in [0.15, 0.2) is 5.82 Å². The smallest absolute Gasteiger partial charge is 0.243 e. The zero-order chi connectivity index (χ0) is 20.3. The Hall–Kier alpha value is -3.02. The monoisotopic (exact) mass is 416 g/mol. The minimum absolute atomic E-state index is 0.0299. The number of hydrogen-bond donors (Lipinski definition) is 1. The lowest BCUT2D eigenvalue weighted by atomic mass is 10.2. The first kappa shape index (κ1) is 19.3. The minimum Gasteiger partial charge on any atom is -0.369 e. The van der Waals surface area contributed by atoms with Crippen LogP contribution in [0.4, 0.5) is 16.2 Å². The molecule has 0 amide bonds. The van der Waals surface area contributed by atoms with Crippen LogP contribution in [0.5, 0.6) is 0 Å². The predicted octanol–water partition coefficient (Wildman–Crippen LogP) is 1.91. The molecule has 3 aromatic rings. The number of anilines is 2. The van der Waals surface area contributed by atoms with E-state index >= 15 is 0 Å². The quantitative estimate of drug-likeness (QED) is 0.672. The second-order valence-corrected chi connectivity index (χ2v) is 8.14. The van der Waals surface area contributed by atoms with E-state index in [0.29, 0.717) is 17.5 Å². The largest absolute Gasteiger partial charge is 0.369 e. The molecule has 1 aliphatic heterocycles. The Balaban J connectivity index is 1.52. The van der Waals surface area contributed by atoms with E-state index < -0.39 is 21.9 Å². The summed E-state index contributed by atoms with van der Waals surface area (Å²) < 4.78 is 45.9. The highest BCUT2D eigenvalue weighted by Crippen LogP contribution is 2.26. The number of benzene rings is 1. The van der Waals surface area contributed by atoms with Crippen molar-refractivity contribution in [1.82, 2.24) is 24.2 Å². The zero-order valence-corrected chi connectivity index (χ0v) is 16.0. The van der Waals surface area contributed by atoms with Crippen molar-refractivity contribution in [2.24, 2.45) is 0 Å². The lowest BCUT2D eigenvalue weighted by Gasteiger charge is -2.31. The molecule has 1 fully saturated rings. The maximum Gasteiger partial charge on any atom is 0.243 e. The van der Waals surface area contributed by atoms with Gasteiger partial charge in [0.2, 0.25) is 16.0 Å². The van der Waals surface area contributed by atoms with E-state index in [1.807, 2.05) is 0 Å². The number of nitrogens with one attached hydrogen (secondary N) is 1. The topological polar surface area (TPSA) is 110 Å². The van der Waals surface area contributed by atoms with E-state index in [2.05, 4.69) is 25.3 Å². The fraction of sp³-hybridized carbons (Fsp3) is 0.222. The average Bonchev–Trinajstić information content (AvgIpc) is 2.75. The molecule has 1 aliphatic rings. The summed E-state index contributed by atoms with van der Waals surface area (Å²) in [5, 5.41) is 2.94. The van der Waals surface area contributed by atoms with Crippen molar-refractivity contribution in [3.05, 3.63) is 66.6 Å². The van der Waals surface area contributed by atoms with Gasteiger partial charge in [-0.2, -0.15) is 4.31 Å². The second kappa shape index (κ2) is 8.15. The van der Waals surface area contributed by atoms with Crippen LogP contribution in [0.15, 0.2) is 60.0 Å². The highest BCUT2D eigenvalue weighted by Gasteiger charge is 2.32. The Bertz CT molecular complexity index is 1080. The molecule has 1 N–H and O–H groups in total. The molecule has 0 aliphatic carbocycles. The van der Waals surface area contributed by atoms with Gasteiger partial charge in [0.05, 0.1) is 29.6 Å². The van der Waals surface area contributed by atoms with Gasteiger partial charge in [-0.05, 0) is 30.3 Å². The molecule has 2 aromatic heterocycles. The van der Waals surface area contributed by atoms with Gasteiger partial charge >= 0.3 is 0 Å². The van der Waals surface area contributed by atoms with Crippen molar-refractivity contribution in [3.63, 3.8) is 0 Å². The molecule has 11 heteroatoms. The lowest BCUT2D eigenvalue weighted by Crippen LogP contribution is -2.42. The number of ether oxygens (including phenoxy) is 1. The van der Waals surface area contributed by atoms with Gasteiger partial charge in [0, 0.05) is 25.5 Å². The van der Waals surface area contributed by atoms with Gasteiger partial charge in [-0.15, -0.1) is 0 Å². The molecule has 0 unspecified atom stereocenters. The summed E-state index contributed by atoms with van der Waals surface area (Å²) >= 11 is 0. The SMILES string of the molecule is O=S(=O)(c1ccc(F)cc1)N1CCO[C@H](c2cncc(Nc3ncccn3)n2)C1. The molecule has 9 nitrogen and oxygen atoms in total. The van der Waals surface area contributed by atoms with Gasteiger partial charge in [0.25, 0.3) is 0 Å². The Kier molecular flexibility index (Phi) is 5.43. The summed E-state index contributed by atoms with van der Waals surface area (Å²) in [6, 6.07) is 6.44. The van der Waals surface area contributed by atoms with Crippen LogP contribution in [0.2, 0.25) is 0 Å². The lowest BCUT2D eigenvalue weighted by molar-refractivity contribution is -0.00506. The van der Waals surface area contributed by atoms with Gasteiger partial charge < -0.3 is 10.1 Å². The maximum atomic E-state index is 13.1. The van der Waals surface area contributed by atoms with Crippen molar-refractivity contribution >= 4 is 21.8 Å².